The lowest BCUT2D eigenvalue weighted by Gasteiger charge is -2.07. The van der Waals surface area contributed by atoms with Gasteiger partial charge in [0.15, 0.2) is 11.3 Å². The number of hydrogen-bond acceptors (Lipinski definition) is 4. The van der Waals surface area contributed by atoms with Crippen LogP contribution in [0.4, 0.5) is 0 Å². The lowest BCUT2D eigenvalue weighted by atomic mass is 9.96. The Morgan fingerprint density at radius 3 is 2.83 bits per heavy atom. The zero-order valence-corrected chi connectivity index (χ0v) is 10.7. The van der Waals surface area contributed by atoms with Crippen LogP contribution in [0.3, 0.4) is 0 Å². The van der Waals surface area contributed by atoms with Crippen LogP contribution in [-0.2, 0) is 0 Å². The Balaban J connectivity index is 1.80. The van der Waals surface area contributed by atoms with E-state index < -0.39 is 0 Å². The molecule has 91 valence electrons. The summed E-state index contributed by atoms with van der Waals surface area (Å²) in [5.74, 6) is 0.389. The summed E-state index contributed by atoms with van der Waals surface area (Å²) in [5, 5.41) is 5.18. The van der Waals surface area contributed by atoms with E-state index in [0.717, 1.165) is 36.3 Å². The second-order valence-corrected chi connectivity index (χ2v) is 5.11. The molecule has 18 heavy (non-hydrogen) atoms. The van der Waals surface area contributed by atoms with E-state index in [1.807, 2.05) is 29.6 Å². The highest BCUT2D eigenvalue weighted by Crippen LogP contribution is 2.21. The van der Waals surface area contributed by atoms with Gasteiger partial charge in [0.1, 0.15) is 0 Å². The quantitative estimate of drug-likeness (QED) is 0.859. The smallest absolute Gasteiger partial charge is 0.167 e. The fourth-order valence-electron chi connectivity index (χ4n) is 2.24. The second kappa shape index (κ2) is 5.00. The molecule has 3 rings (SSSR count). The van der Waals surface area contributed by atoms with Crippen LogP contribution in [0.1, 0.15) is 16.8 Å². The van der Waals surface area contributed by atoms with E-state index in [-0.39, 0.29) is 11.7 Å². The predicted octanol–water partition coefficient (Wildman–Crippen LogP) is 2.40. The van der Waals surface area contributed by atoms with Crippen molar-refractivity contribution < 1.29 is 4.79 Å². The molecule has 0 amide bonds. The lowest BCUT2D eigenvalue weighted by molar-refractivity contribution is 0.0930. The van der Waals surface area contributed by atoms with E-state index in [2.05, 4.69) is 15.8 Å². The van der Waals surface area contributed by atoms with Gasteiger partial charge in [-0.05, 0) is 13.0 Å². The first kappa shape index (κ1) is 11.6. The number of nitrogens with zero attached hydrogens (tertiary/aromatic N) is 1. The van der Waals surface area contributed by atoms with E-state index in [9.17, 15) is 4.79 Å². The first-order valence-electron chi connectivity index (χ1n) is 6.01. The standard InChI is InChI=1S/C14H13N2OS/c17-14(12-5-6-15-7-12)11-3-1-10(2-4-11)13-8-18-9-16-13/h1-4,8,12,15H,5-7H2. The molecule has 1 aliphatic rings. The summed E-state index contributed by atoms with van der Waals surface area (Å²) in [6.07, 6.45) is 0.946. The number of rotatable bonds is 3. The summed E-state index contributed by atoms with van der Waals surface area (Å²) in [6, 6.07) is 7.71. The monoisotopic (exact) mass is 257 g/mol. The molecule has 2 heterocycles. The zero-order chi connectivity index (χ0) is 12.4. The van der Waals surface area contributed by atoms with Crippen molar-refractivity contribution >= 4 is 17.1 Å². The fourth-order valence-corrected chi connectivity index (χ4v) is 2.74. The molecule has 2 aromatic rings. The molecule has 0 spiro atoms. The Bertz CT molecular complexity index is 527. The number of nitrogens with one attached hydrogen (secondary N) is 1. The SMILES string of the molecule is O=C(c1ccc(-c2cs[c]n2)cc1)C1CCNC1. The molecule has 4 heteroatoms. The molecular formula is C14H13N2OS. The minimum atomic E-state index is 0.142. The molecule has 1 atom stereocenters. The van der Waals surface area contributed by atoms with Gasteiger partial charge < -0.3 is 5.32 Å². The highest BCUT2D eigenvalue weighted by atomic mass is 32.1. The summed E-state index contributed by atoms with van der Waals surface area (Å²) in [6.45, 7) is 1.75. The minimum absolute atomic E-state index is 0.142. The Hall–Kier alpha value is -1.52. The van der Waals surface area contributed by atoms with Gasteiger partial charge in [0.05, 0.1) is 5.69 Å². The first-order chi connectivity index (χ1) is 8.84. The molecule has 0 bridgehead atoms. The number of ketones is 1. The van der Waals surface area contributed by atoms with E-state index in [4.69, 9.17) is 0 Å². The van der Waals surface area contributed by atoms with Crippen molar-refractivity contribution in [2.75, 3.05) is 13.1 Å². The van der Waals surface area contributed by atoms with Crippen molar-refractivity contribution in [3.63, 3.8) is 0 Å². The highest BCUT2D eigenvalue weighted by molar-refractivity contribution is 7.07. The molecule has 0 aliphatic carbocycles. The minimum Gasteiger partial charge on any atom is -0.316 e. The van der Waals surface area contributed by atoms with E-state index >= 15 is 0 Å². The van der Waals surface area contributed by atoms with Crippen LogP contribution in [0.25, 0.3) is 11.3 Å². The zero-order valence-electron chi connectivity index (χ0n) is 9.85. The number of thiazole rings is 1. The molecule has 1 N–H and O–H groups in total. The first-order valence-corrected chi connectivity index (χ1v) is 6.89. The summed E-state index contributed by atoms with van der Waals surface area (Å²) >= 11 is 1.45. The summed E-state index contributed by atoms with van der Waals surface area (Å²) in [7, 11) is 0. The van der Waals surface area contributed by atoms with Crippen LogP contribution < -0.4 is 5.32 Å². The molecule has 1 radical (unpaired) electrons. The number of hydrogen-bond donors (Lipinski definition) is 1. The van der Waals surface area contributed by atoms with Crippen molar-refractivity contribution in [2.45, 2.75) is 6.42 Å². The fraction of sp³-hybridized carbons (Fsp3) is 0.286. The number of carbonyl (C=O) groups is 1. The van der Waals surface area contributed by atoms with Gasteiger partial charge in [-0.3, -0.25) is 4.79 Å². The third-order valence-corrected chi connectivity index (χ3v) is 3.82. The number of Topliss-reactive ketones (excluding diaryl/α,β-unsaturated/α-hetero) is 1. The lowest BCUT2D eigenvalue weighted by Crippen LogP contribution is -2.17. The van der Waals surface area contributed by atoms with Gasteiger partial charge in [-0.1, -0.05) is 24.3 Å². The third-order valence-electron chi connectivity index (χ3n) is 3.29. The Morgan fingerprint density at radius 2 is 2.22 bits per heavy atom. The molecule has 1 fully saturated rings. The van der Waals surface area contributed by atoms with Gasteiger partial charge >= 0.3 is 0 Å². The van der Waals surface area contributed by atoms with Gasteiger partial charge in [0, 0.05) is 29.0 Å². The van der Waals surface area contributed by atoms with Gasteiger partial charge in [-0.15, -0.1) is 11.3 Å². The highest BCUT2D eigenvalue weighted by Gasteiger charge is 2.23. The summed E-state index contributed by atoms with van der Waals surface area (Å²) in [5.41, 5.74) is 5.58. The van der Waals surface area contributed by atoms with Crippen LogP contribution in [0, 0.1) is 11.4 Å². The van der Waals surface area contributed by atoms with E-state index in [1.54, 1.807) is 0 Å². The maximum Gasteiger partial charge on any atom is 0.167 e. The third kappa shape index (κ3) is 2.21. The van der Waals surface area contributed by atoms with Crippen molar-refractivity contribution in [2.24, 2.45) is 5.92 Å². The van der Waals surface area contributed by atoms with Crippen molar-refractivity contribution in [1.29, 1.82) is 0 Å². The maximum atomic E-state index is 12.2. The second-order valence-electron chi connectivity index (χ2n) is 4.46. The van der Waals surface area contributed by atoms with Crippen LogP contribution in [0.15, 0.2) is 29.6 Å². The van der Waals surface area contributed by atoms with Crippen LogP contribution in [0.5, 0.6) is 0 Å². The Morgan fingerprint density at radius 1 is 1.39 bits per heavy atom. The summed E-state index contributed by atoms with van der Waals surface area (Å²) in [4.78, 5) is 16.3. The van der Waals surface area contributed by atoms with Gasteiger partial charge in [-0.2, -0.15) is 0 Å². The van der Waals surface area contributed by atoms with Gasteiger partial charge in [-0.25, -0.2) is 4.98 Å². The predicted molar refractivity (Wildman–Crippen MR) is 71.7 cm³/mol. The number of aromatic nitrogens is 1. The molecule has 1 aromatic heterocycles. The average Bonchev–Trinajstić information content (AvgIpc) is 3.11. The van der Waals surface area contributed by atoms with Crippen molar-refractivity contribution in [3.8, 4) is 11.3 Å². The van der Waals surface area contributed by atoms with E-state index in [0.29, 0.717) is 0 Å². The van der Waals surface area contributed by atoms with Crippen LogP contribution in [0.2, 0.25) is 0 Å². The van der Waals surface area contributed by atoms with Gasteiger partial charge in [0.2, 0.25) is 0 Å². The molecule has 1 saturated heterocycles. The Labute approximate surface area is 110 Å². The molecule has 1 unspecified atom stereocenters. The molecule has 0 saturated carbocycles. The molecular weight excluding hydrogens is 244 g/mol. The number of carbonyl (C=O) groups excluding carboxylic acids is 1. The largest absolute Gasteiger partial charge is 0.316 e. The normalized spacial score (nSPS) is 19.0. The van der Waals surface area contributed by atoms with Crippen LogP contribution >= 0.6 is 11.3 Å². The maximum absolute atomic E-state index is 12.2. The molecule has 3 nitrogen and oxygen atoms in total. The average molecular weight is 257 g/mol. The van der Waals surface area contributed by atoms with Crippen molar-refractivity contribution in [3.05, 3.63) is 40.7 Å². The summed E-state index contributed by atoms with van der Waals surface area (Å²) < 4.78 is 0. The molecule has 1 aromatic carbocycles. The van der Waals surface area contributed by atoms with Crippen molar-refractivity contribution in [1.82, 2.24) is 10.3 Å². The number of benzene rings is 1. The molecule has 1 aliphatic heterocycles. The Kier molecular flexibility index (Phi) is 3.21. The van der Waals surface area contributed by atoms with Gasteiger partial charge in [0.25, 0.3) is 0 Å². The van der Waals surface area contributed by atoms with E-state index in [1.165, 1.54) is 11.3 Å². The topological polar surface area (TPSA) is 42.0 Å². The van der Waals surface area contributed by atoms with Crippen LogP contribution in [-0.4, -0.2) is 23.9 Å².